The predicted molar refractivity (Wildman–Crippen MR) is 83.1 cm³/mol. The Hall–Kier alpha value is -1.75. The van der Waals surface area contributed by atoms with Crippen molar-refractivity contribution < 1.29 is 13.9 Å². The van der Waals surface area contributed by atoms with Crippen molar-refractivity contribution in [3.63, 3.8) is 0 Å². The van der Waals surface area contributed by atoms with E-state index in [4.69, 9.17) is 9.15 Å². The number of alkyl halides is 1. The van der Waals surface area contributed by atoms with Gasteiger partial charge in [-0.05, 0) is 23.8 Å². The van der Waals surface area contributed by atoms with E-state index in [0.29, 0.717) is 24.5 Å². The number of aryl methyl sites for hydroxylation is 1. The molecule has 1 amide bonds. The van der Waals surface area contributed by atoms with Crippen molar-refractivity contribution in [2.75, 3.05) is 13.2 Å². The van der Waals surface area contributed by atoms with Crippen molar-refractivity contribution >= 4 is 21.8 Å². The summed E-state index contributed by atoms with van der Waals surface area (Å²) in [7, 11) is 0. The van der Waals surface area contributed by atoms with Crippen molar-refractivity contribution in [2.45, 2.75) is 18.2 Å². The molecule has 21 heavy (non-hydrogen) atoms. The van der Waals surface area contributed by atoms with Crippen LogP contribution in [0.5, 0.6) is 5.75 Å². The monoisotopic (exact) mass is 349 g/mol. The number of hydrogen-bond donors (Lipinski definition) is 1. The molecule has 0 saturated carbocycles. The first kappa shape index (κ1) is 14.2. The maximum absolute atomic E-state index is 12.1. The Morgan fingerprint density at radius 3 is 3.05 bits per heavy atom. The lowest BCUT2D eigenvalue weighted by Gasteiger charge is -2.13. The van der Waals surface area contributed by atoms with Crippen LogP contribution in [0.3, 0.4) is 0 Å². The van der Waals surface area contributed by atoms with Gasteiger partial charge in [-0.1, -0.05) is 28.9 Å². The van der Waals surface area contributed by atoms with Gasteiger partial charge in [0.2, 0.25) is 0 Å². The fraction of sp³-hybridized carbons (Fsp3) is 0.312. The van der Waals surface area contributed by atoms with Crippen LogP contribution < -0.4 is 10.1 Å². The Balaban J connectivity index is 1.98. The van der Waals surface area contributed by atoms with Gasteiger partial charge in [0.25, 0.3) is 5.91 Å². The summed E-state index contributed by atoms with van der Waals surface area (Å²) in [6.07, 6.45) is 2.53. The number of benzene rings is 1. The van der Waals surface area contributed by atoms with E-state index < -0.39 is 0 Å². The molecule has 0 saturated heterocycles. The van der Waals surface area contributed by atoms with E-state index in [-0.39, 0.29) is 10.7 Å². The van der Waals surface area contributed by atoms with E-state index in [0.717, 1.165) is 23.3 Å². The molecule has 4 nitrogen and oxygen atoms in total. The molecule has 1 N–H and O–H groups in total. The van der Waals surface area contributed by atoms with Crippen LogP contribution in [0.2, 0.25) is 0 Å². The van der Waals surface area contributed by atoms with Crippen LogP contribution in [0.15, 0.2) is 34.9 Å². The van der Waals surface area contributed by atoms with Crippen LogP contribution >= 0.6 is 15.9 Å². The van der Waals surface area contributed by atoms with Crippen molar-refractivity contribution in [1.82, 2.24) is 5.32 Å². The van der Waals surface area contributed by atoms with E-state index in [1.165, 1.54) is 0 Å². The Morgan fingerprint density at radius 2 is 2.24 bits per heavy atom. The minimum Gasteiger partial charge on any atom is -0.491 e. The van der Waals surface area contributed by atoms with Crippen molar-refractivity contribution in [2.24, 2.45) is 0 Å². The summed E-state index contributed by atoms with van der Waals surface area (Å²) in [4.78, 5) is 12.1. The van der Waals surface area contributed by atoms with Crippen molar-refractivity contribution in [3.05, 3.63) is 53.0 Å². The molecular formula is C16H16BrNO3. The van der Waals surface area contributed by atoms with Gasteiger partial charge in [0.1, 0.15) is 18.1 Å². The van der Waals surface area contributed by atoms with Gasteiger partial charge >= 0.3 is 0 Å². The van der Waals surface area contributed by atoms with E-state index in [1.54, 1.807) is 6.26 Å². The summed E-state index contributed by atoms with van der Waals surface area (Å²) in [5, 5.41) is 2.83. The molecule has 110 valence electrons. The van der Waals surface area contributed by atoms with E-state index >= 15 is 0 Å². The minimum atomic E-state index is -0.0908. The zero-order valence-electron chi connectivity index (χ0n) is 11.7. The predicted octanol–water partition coefficient (Wildman–Crippen LogP) is 3.45. The second-order valence-corrected chi connectivity index (χ2v) is 5.79. The highest BCUT2D eigenvalue weighted by molar-refractivity contribution is 9.09. The molecular weight excluding hydrogens is 334 g/mol. The fourth-order valence-corrected chi connectivity index (χ4v) is 3.17. The van der Waals surface area contributed by atoms with Gasteiger partial charge in [-0.15, -0.1) is 0 Å². The summed E-state index contributed by atoms with van der Waals surface area (Å²) in [6, 6.07) is 7.67. The SMILES string of the molecule is CCc1occc1C(Br)c1ccc2c(c1)C(=O)NCCO2. The first-order valence-electron chi connectivity index (χ1n) is 6.96. The Labute approximate surface area is 131 Å². The van der Waals surface area contributed by atoms with Crippen molar-refractivity contribution in [3.8, 4) is 5.75 Å². The van der Waals surface area contributed by atoms with Gasteiger partial charge in [0.05, 0.1) is 23.2 Å². The van der Waals surface area contributed by atoms with Gasteiger partial charge in [0, 0.05) is 12.0 Å². The maximum Gasteiger partial charge on any atom is 0.255 e. The van der Waals surface area contributed by atoms with Crippen molar-refractivity contribution in [1.29, 1.82) is 0 Å². The second kappa shape index (κ2) is 5.93. The van der Waals surface area contributed by atoms with Crippen LogP contribution in [-0.2, 0) is 6.42 Å². The molecule has 1 unspecified atom stereocenters. The highest BCUT2D eigenvalue weighted by atomic mass is 79.9. The van der Waals surface area contributed by atoms with E-state index in [9.17, 15) is 4.79 Å². The lowest BCUT2D eigenvalue weighted by atomic mass is 10.0. The Bertz CT molecular complexity index is 665. The summed E-state index contributed by atoms with van der Waals surface area (Å²) in [5.74, 6) is 1.50. The second-order valence-electron chi connectivity index (χ2n) is 4.88. The van der Waals surface area contributed by atoms with E-state index in [1.807, 2.05) is 24.3 Å². The number of carbonyl (C=O) groups is 1. The van der Waals surface area contributed by atoms with Crippen LogP contribution in [0.25, 0.3) is 0 Å². The molecule has 0 spiro atoms. The molecule has 3 rings (SSSR count). The molecule has 0 aliphatic carbocycles. The number of rotatable bonds is 3. The first-order valence-corrected chi connectivity index (χ1v) is 7.87. The standard InChI is InChI=1S/C16H16BrNO3/c1-2-13-11(5-7-20-13)15(17)10-3-4-14-12(9-10)16(19)18-6-8-21-14/h3-5,7,9,15H,2,6,8H2,1H3,(H,18,19). The first-order chi connectivity index (χ1) is 10.2. The highest BCUT2D eigenvalue weighted by Gasteiger charge is 2.21. The third-order valence-electron chi connectivity index (χ3n) is 3.56. The molecule has 1 aromatic carbocycles. The van der Waals surface area contributed by atoms with Crippen LogP contribution in [0.4, 0.5) is 0 Å². The zero-order chi connectivity index (χ0) is 14.8. The Kier molecular flexibility index (Phi) is 4.01. The van der Waals surface area contributed by atoms with Crippen LogP contribution in [-0.4, -0.2) is 19.1 Å². The number of carbonyl (C=O) groups excluding carboxylic acids is 1. The average molecular weight is 350 g/mol. The summed E-state index contributed by atoms with van der Waals surface area (Å²) in [6.45, 7) is 3.08. The zero-order valence-corrected chi connectivity index (χ0v) is 13.3. The molecule has 2 heterocycles. The molecule has 5 heteroatoms. The normalized spacial score (nSPS) is 15.6. The fourth-order valence-electron chi connectivity index (χ4n) is 2.47. The lowest BCUT2D eigenvalue weighted by molar-refractivity contribution is 0.0957. The largest absolute Gasteiger partial charge is 0.491 e. The molecule has 2 aromatic rings. The van der Waals surface area contributed by atoms with Crippen LogP contribution in [0, 0.1) is 0 Å². The van der Waals surface area contributed by atoms with Gasteiger partial charge in [-0.2, -0.15) is 0 Å². The highest BCUT2D eigenvalue weighted by Crippen LogP contribution is 2.36. The third-order valence-corrected chi connectivity index (χ3v) is 4.58. The quantitative estimate of drug-likeness (QED) is 0.863. The topological polar surface area (TPSA) is 51.5 Å². The lowest BCUT2D eigenvalue weighted by Crippen LogP contribution is -2.24. The average Bonchev–Trinajstić information content (AvgIpc) is 2.91. The number of hydrogen-bond acceptors (Lipinski definition) is 3. The molecule has 1 aliphatic heterocycles. The molecule has 0 bridgehead atoms. The summed E-state index contributed by atoms with van der Waals surface area (Å²) >= 11 is 3.70. The number of fused-ring (bicyclic) bond motifs is 1. The third kappa shape index (κ3) is 2.70. The molecule has 1 atom stereocenters. The minimum absolute atomic E-state index is 0.00690. The summed E-state index contributed by atoms with van der Waals surface area (Å²) < 4.78 is 11.0. The maximum atomic E-state index is 12.1. The molecule has 1 aliphatic rings. The molecule has 0 fully saturated rings. The van der Waals surface area contributed by atoms with E-state index in [2.05, 4.69) is 28.2 Å². The number of halogens is 1. The summed E-state index contributed by atoms with van der Waals surface area (Å²) in [5.41, 5.74) is 2.67. The van der Waals surface area contributed by atoms with Gasteiger partial charge in [0.15, 0.2) is 0 Å². The van der Waals surface area contributed by atoms with Gasteiger partial charge in [-0.3, -0.25) is 4.79 Å². The van der Waals surface area contributed by atoms with Gasteiger partial charge < -0.3 is 14.5 Å². The number of nitrogens with one attached hydrogen (secondary N) is 1. The van der Waals surface area contributed by atoms with Crippen LogP contribution in [0.1, 0.15) is 39.0 Å². The van der Waals surface area contributed by atoms with Gasteiger partial charge in [-0.25, -0.2) is 0 Å². The molecule has 1 aromatic heterocycles. The number of ether oxygens (including phenoxy) is 1. The molecule has 0 radical (unpaired) electrons. The number of amides is 1. The smallest absolute Gasteiger partial charge is 0.255 e. The number of furan rings is 1. The Morgan fingerprint density at radius 1 is 1.38 bits per heavy atom.